The third kappa shape index (κ3) is 2.36. The van der Waals surface area contributed by atoms with Crippen molar-refractivity contribution in [3.63, 3.8) is 0 Å². The number of hydrogen-bond acceptors (Lipinski definition) is 3. The zero-order valence-corrected chi connectivity index (χ0v) is 14.8. The van der Waals surface area contributed by atoms with Gasteiger partial charge in [0.2, 0.25) is 0 Å². The summed E-state index contributed by atoms with van der Waals surface area (Å²) in [6, 6.07) is 13.7. The Labute approximate surface area is 155 Å². The maximum absolute atomic E-state index is 13.5. The van der Waals surface area contributed by atoms with Gasteiger partial charge in [-0.2, -0.15) is 5.10 Å². The van der Waals surface area contributed by atoms with Gasteiger partial charge in [-0.05, 0) is 49.6 Å². The second kappa shape index (κ2) is 5.67. The third-order valence-electron chi connectivity index (χ3n) is 5.41. The first-order valence-electron chi connectivity index (χ1n) is 9.00. The summed E-state index contributed by atoms with van der Waals surface area (Å²) in [7, 11) is 1.84. The Bertz CT molecular complexity index is 1070. The Morgan fingerprint density at radius 2 is 2.04 bits per heavy atom. The molecule has 1 saturated carbocycles. The molecule has 5 rings (SSSR count). The first kappa shape index (κ1) is 16.1. The van der Waals surface area contributed by atoms with Crippen molar-refractivity contribution in [3.8, 4) is 17.0 Å². The molecule has 6 heteroatoms. The van der Waals surface area contributed by atoms with Gasteiger partial charge in [0.15, 0.2) is 5.69 Å². The van der Waals surface area contributed by atoms with Gasteiger partial charge in [0.1, 0.15) is 17.2 Å². The van der Waals surface area contributed by atoms with Crippen LogP contribution in [-0.2, 0) is 12.6 Å². The highest BCUT2D eigenvalue weighted by atomic mass is 19.1. The van der Waals surface area contributed by atoms with E-state index in [4.69, 9.17) is 4.74 Å². The molecule has 1 amide bonds. The molecule has 5 nitrogen and oxygen atoms in total. The maximum Gasteiger partial charge on any atom is 0.276 e. The highest BCUT2D eigenvalue weighted by Gasteiger charge is 2.50. The van der Waals surface area contributed by atoms with E-state index >= 15 is 0 Å². The van der Waals surface area contributed by atoms with Gasteiger partial charge in [0, 0.05) is 18.3 Å². The van der Waals surface area contributed by atoms with Crippen molar-refractivity contribution in [1.29, 1.82) is 0 Å². The standard InChI is InChI=1S/C21H18FN3O2/c1-25-19-15-8-2-3-9-16(15)27-21(10-5-11-21)17(19)18(24-25)20(26)23-14-7-4-6-13(22)12-14/h2-4,6-9,12H,5,10-11H2,1H3,(H,23,26). The molecule has 1 N–H and O–H groups in total. The Hall–Kier alpha value is -3.15. The number of benzene rings is 2. The Balaban J connectivity index is 1.63. The molecule has 1 aliphatic carbocycles. The SMILES string of the molecule is Cn1nc(C(=O)Nc2cccc(F)c2)c2c1-c1ccccc1OC21CCC1. The summed E-state index contributed by atoms with van der Waals surface area (Å²) >= 11 is 0. The number of rotatable bonds is 2. The van der Waals surface area contributed by atoms with E-state index in [1.54, 1.807) is 16.8 Å². The van der Waals surface area contributed by atoms with Crippen molar-refractivity contribution >= 4 is 11.6 Å². The monoisotopic (exact) mass is 363 g/mol. The molecule has 1 aromatic heterocycles. The van der Waals surface area contributed by atoms with Gasteiger partial charge in [0.25, 0.3) is 5.91 Å². The molecule has 1 spiro atoms. The van der Waals surface area contributed by atoms with Crippen LogP contribution in [0.5, 0.6) is 5.75 Å². The fourth-order valence-electron chi connectivity index (χ4n) is 4.04. The number of halogens is 1. The number of aryl methyl sites for hydroxylation is 1. The highest BCUT2D eigenvalue weighted by Crippen LogP contribution is 2.54. The molecule has 1 fully saturated rings. The van der Waals surface area contributed by atoms with Crippen LogP contribution in [0.4, 0.5) is 10.1 Å². The highest BCUT2D eigenvalue weighted by molar-refractivity contribution is 6.05. The Kier molecular flexibility index (Phi) is 3.37. The summed E-state index contributed by atoms with van der Waals surface area (Å²) in [5, 5.41) is 7.28. The van der Waals surface area contributed by atoms with Crippen molar-refractivity contribution < 1.29 is 13.9 Å². The van der Waals surface area contributed by atoms with Gasteiger partial charge >= 0.3 is 0 Å². The van der Waals surface area contributed by atoms with E-state index in [9.17, 15) is 9.18 Å². The molecule has 0 bridgehead atoms. The van der Waals surface area contributed by atoms with E-state index < -0.39 is 11.4 Å². The van der Waals surface area contributed by atoms with Crippen LogP contribution >= 0.6 is 0 Å². The van der Waals surface area contributed by atoms with E-state index in [0.29, 0.717) is 11.4 Å². The predicted molar refractivity (Wildman–Crippen MR) is 99.2 cm³/mol. The van der Waals surface area contributed by atoms with Crippen LogP contribution in [0, 0.1) is 5.82 Å². The number of hydrogen-bond donors (Lipinski definition) is 1. The fraction of sp³-hybridized carbons (Fsp3) is 0.238. The van der Waals surface area contributed by atoms with Crippen LogP contribution < -0.4 is 10.1 Å². The Morgan fingerprint density at radius 1 is 1.22 bits per heavy atom. The van der Waals surface area contributed by atoms with Gasteiger partial charge < -0.3 is 10.1 Å². The summed E-state index contributed by atoms with van der Waals surface area (Å²) in [6.45, 7) is 0. The molecule has 0 unspecified atom stereocenters. The molecule has 136 valence electrons. The fourth-order valence-corrected chi connectivity index (χ4v) is 4.04. The quantitative estimate of drug-likeness (QED) is 0.740. The van der Waals surface area contributed by atoms with E-state index in [1.807, 2.05) is 31.3 Å². The number of fused-ring (bicyclic) bond motifs is 4. The lowest BCUT2D eigenvalue weighted by Crippen LogP contribution is -2.43. The number of aromatic nitrogens is 2. The molecule has 0 radical (unpaired) electrons. The van der Waals surface area contributed by atoms with Crippen LogP contribution in [0.2, 0.25) is 0 Å². The minimum atomic E-state index is -0.507. The van der Waals surface area contributed by atoms with E-state index in [-0.39, 0.29) is 5.91 Å². The lowest BCUT2D eigenvalue weighted by Gasteiger charge is -2.45. The van der Waals surface area contributed by atoms with E-state index in [2.05, 4.69) is 10.4 Å². The molecule has 1 aliphatic heterocycles. The van der Waals surface area contributed by atoms with Crippen LogP contribution in [0.25, 0.3) is 11.3 Å². The van der Waals surface area contributed by atoms with Crippen molar-refractivity contribution in [2.24, 2.45) is 7.05 Å². The molecule has 0 saturated heterocycles. The van der Waals surface area contributed by atoms with Gasteiger partial charge in [0.05, 0.1) is 11.3 Å². The van der Waals surface area contributed by atoms with Crippen LogP contribution in [0.1, 0.15) is 35.3 Å². The lowest BCUT2D eigenvalue weighted by molar-refractivity contribution is -0.0150. The lowest BCUT2D eigenvalue weighted by atomic mass is 9.71. The van der Waals surface area contributed by atoms with Crippen LogP contribution in [0.15, 0.2) is 48.5 Å². The number of amides is 1. The van der Waals surface area contributed by atoms with Crippen molar-refractivity contribution in [2.75, 3.05) is 5.32 Å². The summed E-state index contributed by atoms with van der Waals surface area (Å²) in [5.41, 5.74) is 2.92. The minimum absolute atomic E-state index is 0.339. The van der Waals surface area contributed by atoms with Gasteiger partial charge in [-0.25, -0.2) is 4.39 Å². The first-order valence-corrected chi connectivity index (χ1v) is 9.00. The van der Waals surface area contributed by atoms with Crippen LogP contribution in [-0.4, -0.2) is 15.7 Å². The average molecular weight is 363 g/mol. The predicted octanol–water partition coefficient (Wildman–Crippen LogP) is 4.25. The summed E-state index contributed by atoms with van der Waals surface area (Å²) in [5.74, 6) is 0.0695. The zero-order chi connectivity index (χ0) is 18.6. The molecule has 27 heavy (non-hydrogen) atoms. The smallest absolute Gasteiger partial charge is 0.276 e. The number of para-hydroxylation sites is 1. The molecule has 2 heterocycles. The van der Waals surface area contributed by atoms with E-state index in [1.165, 1.54) is 12.1 Å². The van der Waals surface area contributed by atoms with Crippen molar-refractivity contribution in [3.05, 3.63) is 65.6 Å². The summed E-state index contributed by atoms with van der Waals surface area (Å²) in [6.07, 6.45) is 2.74. The van der Waals surface area contributed by atoms with E-state index in [0.717, 1.165) is 41.8 Å². The third-order valence-corrected chi connectivity index (χ3v) is 5.41. The van der Waals surface area contributed by atoms with Crippen molar-refractivity contribution in [2.45, 2.75) is 24.9 Å². The average Bonchev–Trinajstić information content (AvgIpc) is 2.98. The number of carbonyl (C=O) groups excluding carboxylic acids is 1. The van der Waals surface area contributed by atoms with Gasteiger partial charge in [-0.1, -0.05) is 18.2 Å². The Morgan fingerprint density at radius 3 is 2.78 bits per heavy atom. The van der Waals surface area contributed by atoms with Crippen molar-refractivity contribution in [1.82, 2.24) is 9.78 Å². The topological polar surface area (TPSA) is 56.2 Å². The molecular weight excluding hydrogens is 345 g/mol. The molecule has 2 aromatic carbocycles. The largest absolute Gasteiger partial charge is 0.482 e. The molecule has 2 aliphatic rings. The number of carbonyl (C=O) groups is 1. The molecule has 0 atom stereocenters. The summed E-state index contributed by atoms with van der Waals surface area (Å²) in [4.78, 5) is 13.0. The second-order valence-electron chi connectivity index (χ2n) is 7.11. The number of nitrogens with one attached hydrogen (secondary N) is 1. The maximum atomic E-state index is 13.5. The zero-order valence-electron chi connectivity index (χ0n) is 14.8. The van der Waals surface area contributed by atoms with Crippen LogP contribution in [0.3, 0.4) is 0 Å². The van der Waals surface area contributed by atoms with Gasteiger partial charge in [-0.15, -0.1) is 0 Å². The second-order valence-corrected chi connectivity index (χ2v) is 7.11. The first-order chi connectivity index (χ1) is 13.1. The number of anilines is 1. The minimum Gasteiger partial charge on any atom is -0.482 e. The molecule has 3 aromatic rings. The normalized spacial score (nSPS) is 16.1. The molecular formula is C21H18FN3O2. The summed E-state index contributed by atoms with van der Waals surface area (Å²) < 4.78 is 21.6. The number of ether oxygens (including phenoxy) is 1. The van der Waals surface area contributed by atoms with Gasteiger partial charge in [-0.3, -0.25) is 9.48 Å². The number of nitrogens with zero attached hydrogens (tertiary/aromatic N) is 2.